The molecule has 0 saturated carbocycles. The van der Waals surface area contributed by atoms with Gasteiger partial charge in [0.05, 0.1) is 11.3 Å². The van der Waals surface area contributed by atoms with E-state index in [0.29, 0.717) is 15.6 Å². The van der Waals surface area contributed by atoms with Crippen LogP contribution in [-0.4, -0.2) is 5.91 Å². The molecule has 3 aromatic rings. The summed E-state index contributed by atoms with van der Waals surface area (Å²) in [5.74, 6) is -2.01. The molecule has 1 amide bonds. The van der Waals surface area contributed by atoms with Crippen molar-refractivity contribution in [2.75, 3.05) is 5.32 Å². The highest BCUT2D eigenvalue weighted by Crippen LogP contribution is 2.32. The van der Waals surface area contributed by atoms with Crippen molar-refractivity contribution in [2.45, 2.75) is 0 Å². The molecular formula is C19H12BrF2NO. The molecule has 0 unspecified atom stereocenters. The number of hydrogen-bond donors (Lipinski definition) is 1. The van der Waals surface area contributed by atoms with Gasteiger partial charge < -0.3 is 5.32 Å². The van der Waals surface area contributed by atoms with Gasteiger partial charge in [-0.3, -0.25) is 4.79 Å². The summed E-state index contributed by atoms with van der Waals surface area (Å²) in [6, 6.07) is 17.5. The molecule has 0 bridgehead atoms. The topological polar surface area (TPSA) is 29.1 Å². The molecule has 3 rings (SSSR count). The van der Waals surface area contributed by atoms with Crippen LogP contribution < -0.4 is 5.32 Å². The second-order valence-corrected chi connectivity index (χ2v) is 5.96. The lowest BCUT2D eigenvalue weighted by Crippen LogP contribution is -2.14. The summed E-state index contributed by atoms with van der Waals surface area (Å²) in [4.78, 5) is 12.5. The number of benzene rings is 3. The van der Waals surface area contributed by atoms with Crippen LogP contribution in [0.2, 0.25) is 0 Å². The van der Waals surface area contributed by atoms with Gasteiger partial charge in [0.15, 0.2) is 0 Å². The molecule has 0 aliphatic carbocycles. The first-order chi connectivity index (χ1) is 11.6. The molecular weight excluding hydrogens is 376 g/mol. The van der Waals surface area contributed by atoms with Crippen molar-refractivity contribution in [3.05, 3.63) is 88.4 Å². The van der Waals surface area contributed by atoms with E-state index in [2.05, 4.69) is 21.2 Å². The van der Waals surface area contributed by atoms with Crippen LogP contribution in [-0.2, 0) is 0 Å². The van der Waals surface area contributed by atoms with Crippen molar-refractivity contribution >= 4 is 27.5 Å². The van der Waals surface area contributed by atoms with Crippen LogP contribution in [0.15, 0.2) is 71.2 Å². The van der Waals surface area contributed by atoms with Crippen molar-refractivity contribution in [3.63, 3.8) is 0 Å². The molecule has 0 heterocycles. The number of hydrogen-bond acceptors (Lipinski definition) is 1. The summed E-state index contributed by atoms with van der Waals surface area (Å²) in [5, 5.41) is 2.55. The van der Waals surface area contributed by atoms with Crippen LogP contribution >= 0.6 is 15.9 Å². The first-order valence-electron chi connectivity index (χ1n) is 7.16. The van der Waals surface area contributed by atoms with E-state index in [1.54, 1.807) is 54.6 Å². The maximum absolute atomic E-state index is 14.3. The number of amides is 1. The Bertz CT molecular complexity index is 897. The Balaban J connectivity index is 2.05. The van der Waals surface area contributed by atoms with E-state index >= 15 is 0 Å². The Labute approximate surface area is 146 Å². The minimum atomic E-state index is -0.825. The summed E-state index contributed by atoms with van der Waals surface area (Å²) in [6.07, 6.45) is 0. The largest absolute Gasteiger partial charge is 0.319 e. The van der Waals surface area contributed by atoms with E-state index in [-0.39, 0.29) is 11.3 Å². The maximum Gasteiger partial charge on any atom is 0.256 e. The van der Waals surface area contributed by atoms with Crippen molar-refractivity contribution in [1.29, 1.82) is 0 Å². The number of rotatable bonds is 3. The molecule has 5 heteroatoms. The van der Waals surface area contributed by atoms with Gasteiger partial charge in [0.2, 0.25) is 0 Å². The smallest absolute Gasteiger partial charge is 0.256 e. The van der Waals surface area contributed by atoms with Gasteiger partial charge in [0.25, 0.3) is 5.91 Å². The summed E-state index contributed by atoms with van der Waals surface area (Å²) in [5.41, 5.74) is 1.20. The fourth-order valence-electron chi connectivity index (χ4n) is 2.37. The predicted molar refractivity (Wildman–Crippen MR) is 93.9 cm³/mol. The zero-order valence-electron chi connectivity index (χ0n) is 12.4. The Morgan fingerprint density at radius 2 is 1.58 bits per heavy atom. The minimum Gasteiger partial charge on any atom is -0.319 e. The summed E-state index contributed by atoms with van der Waals surface area (Å²) >= 11 is 3.29. The Morgan fingerprint density at radius 3 is 2.29 bits per heavy atom. The molecule has 0 aromatic heterocycles. The quantitative estimate of drug-likeness (QED) is 0.618. The van der Waals surface area contributed by atoms with Crippen LogP contribution in [0.5, 0.6) is 0 Å². The first kappa shape index (κ1) is 16.3. The highest BCUT2D eigenvalue weighted by Gasteiger charge is 2.17. The van der Waals surface area contributed by atoms with E-state index in [4.69, 9.17) is 0 Å². The minimum absolute atomic E-state index is 0.0525. The summed E-state index contributed by atoms with van der Waals surface area (Å²) < 4.78 is 28.6. The lowest BCUT2D eigenvalue weighted by atomic mass is 10.0. The number of carbonyl (C=O) groups is 1. The third-order valence-corrected chi connectivity index (χ3v) is 4.19. The van der Waals surface area contributed by atoms with Crippen LogP contribution in [0.1, 0.15) is 10.4 Å². The van der Waals surface area contributed by atoms with Crippen molar-refractivity contribution in [2.24, 2.45) is 0 Å². The van der Waals surface area contributed by atoms with Crippen LogP contribution in [0.25, 0.3) is 11.1 Å². The van der Waals surface area contributed by atoms with Crippen molar-refractivity contribution in [3.8, 4) is 11.1 Å². The monoisotopic (exact) mass is 387 g/mol. The lowest BCUT2D eigenvalue weighted by molar-refractivity contribution is 0.102. The standard InChI is InChI=1S/C19H12BrF2NO/c20-16-9-5-4-8-14(16)19(24)23-18-15(10-13(21)11-17(18)22)12-6-2-1-3-7-12/h1-11H,(H,23,24). The predicted octanol–water partition coefficient (Wildman–Crippen LogP) is 5.65. The van der Waals surface area contributed by atoms with Crippen LogP contribution in [0.3, 0.4) is 0 Å². The number of nitrogens with one attached hydrogen (secondary N) is 1. The molecule has 24 heavy (non-hydrogen) atoms. The fraction of sp³-hybridized carbons (Fsp3) is 0. The van der Waals surface area contributed by atoms with Crippen LogP contribution in [0.4, 0.5) is 14.5 Å². The molecule has 0 spiro atoms. The van der Waals surface area contributed by atoms with E-state index in [1.807, 2.05) is 0 Å². The molecule has 0 radical (unpaired) electrons. The van der Waals surface area contributed by atoms with Gasteiger partial charge in [-0.05, 0) is 39.7 Å². The highest BCUT2D eigenvalue weighted by atomic mass is 79.9. The van der Waals surface area contributed by atoms with Gasteiger partial charge in [0, 0.05) is 16.1 Å². The molecule has 0 aliphatic heterocycles. The van der Waals surface area contributed by atoms with Crippen LogP contribution in [0, 0.1) is 11.6 Å². The molecule has 3 aromatic carbocycles. The van der Waals surface area contributed by atoms with Gasteiger partial charge in [-0.1, -0.05) is 42.5 Å². The fourth-order valence-corrected chi connectivity index (χ4v) is 2.84. The van der Waals surface area contributed by atoms with E-state index < -0.39 is 17.5 Å². The molecule has 0 fully saturated rings. The SMILES string of the molecule is O=C(Nc1c(F)cc(F)cc1-c1ccccc1)c1ccccc1Br. The lowest BCUT2D eigenvalue weighted by Gasteiger charge is -2.13. The summed E-state index contributed by atoms with van der Waals surface area (Å²) in [6.45, 7) is 0. The Morgan fingerprint density at radius 1 is 0.917 bits per heavy atom. The average Bonchev–Trinajstić information content (AvgIpc) is 2.58. The van der Waals surface area contributed by atoms with Gasteiger partial charge in [-0.15, -0.1) is 0 Å². The Kier molecular flexibility index (Phi) is 4.71. The number of carbonyl (C=O) groups excluding carboxylic acids is 1. The third kappa shape index (κ3) is 3.36. The molecule has 0 atom stereocenters. The first-order valence-corrected chi connectivity index (χ1v) is 7.96. The third-order valence-electron chi connectivity index (χ3n) is 3.50. The molecule has 1 N–H and O–H groups in total. The molecule has 2 nitrogen and oxygen atoms in total. The second-order valence-electron chi connectivity index (χ2n) is 5.11. The normalized spacial score (nSPS) is 10.5. The second kappa shape index (κ2) is 6.93. The van der Waals surface area contributed by atoms with Gasteiger partial charge >= 0.3 is 0 Å². The number of anilines is 1. The molecule has 0 saturated heterocycles. The van der Waals surface area contributed by atoms with Gasteiger partial charge in [0.1, 0.15) is 11.6 Å². The van der Waals surface area contributed by atoms with Gasteiger partial charge in [-0.25, -0.2) is 8.78 Å². The van der Waals surface area contributed by atoms with E-state index in [0.717, 1.165) is 6.07 Å². The maximum atomic E-state index is 14.3. The van der Waals surface area contributed by atoms with Crippen molar-refractivity contribution in [1.82, 2.24) is 0 Å². The van der Waals surface area contributed by atoms with Crippen molar-refractivity contribution < 1.29 is 13.6 Å². The summed E-state index contributed by atoms with van der Waals surface area (Å²) in [7, 11) is 0. The zero-order chi connectivity index (χ0) is 17.1. The van der Waals surface area contributed by atoms with E-state index in [9.17, 15) is 13.6 Å². The van der Waals surface area contributed by atoms with Gasteiger partial charge in [-0.2, -0.15) is 0 Å². The molecule has 120 valence electrons. The number of halogens is 3. The highest BCUT2D eigenvalue weighted by molar-refractivity contribution is 9.10. The van der Waals surface area contributed by atoms with E-state index in [1.165, 1.54) is 6.07 Å². The Hall–Kier alpha value is -2.53. The zero-order valence-corrected chi connectivity index (χ0v) is 14.0. The molecule has 0 aliphatic rings. The average molecular weight is 388 g/mol.